The van der Waals surface area contributed by atoms with Crippen molar-refractivity contribution in [1.29, 1.82) is 0 Å². The van der Waals surface area contributed by atoms with Gasteiger partial charge in [0.25, 0.3) is 15.8 Å². The minimum absolute atomic E-state index is 0. The summed E-state index contributed by atoms with van der Waals surface area (Å²) < 4.78 is 67.0. The quantitative estimate of drug-likeness (QED) is 0.513. The number of rotatable bonds is 2. The van der Waals surface area contributed by atoms with Gasteiger partial charge in [-0.2, -0.15) is 21.6 Å². The van der Waals surface area contributed by atoms with Crippen LogP contribution in [0.5, 0.6) is 0 Å². The molecule has 1 N–H and O–H groups in total. The van der Waals surface area contributed by atoms with E-state index in [1.165, 1.54) is 0 Å². The van der Waals surface area contributed by atoms with Crippen molar-refractivity contribution in [1.82, 2.24) is 0 Å². The molecule has 1 rings (SSSR count). The summed E-state index contributed by atoms with van der Waals surface area (Å²) in [4.78, 5) is 7.97. The molecule has 0 atom stereocenters. The van der Waals surface area contributed by atoms with E-state index in [1.807, 2.05) is 0 Å². The molecule has 0 radical (unpaired) electrons. The smallest absolute Gasteiger partial charge is 0.282 e. The van der Waals surface area contributed by atoms with Gasteiger partial charge in [-0.3, -0.25) is 14.7 Å². The van der Waals surface area contributed by atoms with Crippen molar-refractivity contribution in [3.63, 3.8) is 0 Å². The number of hydrogen-bond acceptors (Lipinski definition) is 4. The third kappa shape index (κ3) is 3.55. The Labute approximate surface area is 105 Å². The van der Waals surface area contributed by atoms with Crippen molar-refractivity contribution in [3.05, 3.63) is 33.9 Å². The molecular formula is C7H5ClF3NO5S. The molecule has 1 aromatic carbocycles. The van der Waals surface area contributed by atoms with Crippen LogP contribution in [0.15, 0.2) is 23.1 Å². The number of benzene rings is 1. The Morgan fingerprint density at radius 2 is 1.78 bits per heavy atom. The number of alkyl halides is 3. The minimum atomic E-state index is -5.09. The van der Waals surface area contributed by atoms with Gasteiger partial charge >= 0.3 is 6.18 Å². The minimum Gasteiger partial charge on any atom is -0.282 e. The van der Waals surface area contributed by atoms with Crippen molar-refractivity contribution in [2.45, 2.75) is 11.1 Å². The molecule has 6 nitrogen and oxygen atoms in total. The second-order valence-electron chi connectivity index (χ2n) is 2.91. The van der Waals surface area contributed by atoms with Crippen LogP contribution in [0.4, 0.5) is 18.9 Å². The van der Waals surface area contributed by atoms with Crippen LogP contribution in [-0.4, -0.2) is 17.9 Å². The molecule has 0 aliphatic rings. The van der Waals surface area contributed by atoms with Gasteiger partial charge in [0.2, 0.25) is 0 Å². The summed E-state index contributed by atoms with van der Waals surface area (Å²) in [6.07, 6.45) is -5.09. The Hall–Kier alpha value is -1.39. The fourth-order valence-electron chi connectivity index (χ4n) is 1.06. The third-order valence-electron chi connectivity index (χ3n) is 1.77. The summed E-state index contributed by atoms with van der Waals surface area (Å²) in [5, 5.41) is 10.3. The number of halogens is 4. The number of nitrogens with zero attached hydrogens (tertiary/aromatic N) is 1. The van der Waals surface area contributed by atoms with Crippen molar-refractivity contribution >= 4 is 28.2 Å². The van der Waals surface area contributed by atoms with Crippen LogP contribution in [-0.2, 0) is 16.3 Å². The lowest BCUT2D eigenvalue weighted by molar-refractivity contribution is -0.388. The molecule has 0 spiro atoms. The maximum atomic E-state index is 12.4. The largest absolute Gasteiger partial charge is 0.423 e. The van der Waals surface area contributed by atoms with E-state index < -0.39 is 37.4 Å². The molecule has 11 heteroatoms. The predicted molar refractivity (Wildman–Crippen MR) is 55.2 cm³/mol. The third-order valence-corrected chi connectivity index (χ3v) is 2.62. The summed E-state index contributed by atoms with van der Waals surface area (Å²) in [5.41, 5.74) is -3.03. The van der Waals surface area contributed by atoms with Crippen molar-refractivity contribution in [2.24, 2.45) is 0 Å². The Morgan fingerprint density at radius 1 is 1.28 bits per heavy atom. The maximum Gasteiger partial charge on any atom is 0.423 e. The normalized spacial score (nSPS) is 11.8. The Balaban J connectivity index is 0.00000289. The first kappa shape index (κ1) is 16.6. The van der Waals surface area contributed by atoms with Crippen LogP contribution < -0.4 is 0 Å². The highest BCUT2D eigenvalue weighted by atomic mass is 35.5. The highest BCUT2D eigenvalue weighted by molar-refractivity contribution is 7.85. The first-order valence-electron chi connectivity index (χ1n) is 3.86. The van der Waals surface area contributed by atoms with Crippen LogP contribution in [0.2, 0.25) is 0 Å². The van der Waals surface area contributed by atoms with Gasteiger partial charge in [-0.25, -0.2) is 0 Å². The van der Waals surface area contributed by atoms with Gasteiger partial charge in [0.05, 0.1) is 9.82 Å². The maximum absolute atomic E-state index is 12.4. The summed E-state index contributed by atoms with van der Waals surface area (Å²) in [7, 11) is -4.85. The molecule has 0 saturated heterocycles. The van der Waals surface area contributed by atoms with E-state index >= 15 is 0 Å². The molecule has 0 heterocycles. The lowest BCUT2D eigenvalue weighted by Gasteiger charge is -2.08. The molecule has 0 aliphatic heterocycles. The average molecular weight is 308 g/mol. The zero-order valence-electron chi connectivity index (χ0n) is 8.21. The van der Waals surface area contributed by atoms with E-state index in [1.54, 1.807) is 0 Å². The average Bonchev–Trinajstić information content (AvgIpc) is 2.14. The summed E-state index contributed by atoms with van der Waals surface area (Å²) in [5.74, 6) is 0. The molecular weight excluding hydrogens is 303 g/mol. The second-order valence-corrected chi connectivity index (χ2v) is 4.33. The highest BCUT2D eigenvalue weighted by Crippen LogP contribution is 2.37. The predicted octanol–water partition coefficient (Wildman–Crippen LogP) is 2.28. The van der Waals surface area contributed by atoms with E-state index in [2.05, 4.69) is 0 Å². The molecule has 102 valence electrons. The first-order valence-corrected chi connectivity index (χ1v) is 5.30. The van der Waals surface area contributed by atoms with E-state index in [0.717, 1.165) is 0 Å². The van der Waals surface area contributed by atoms with Gasteiger partial charge in [-0.05, 0) is 12.1 Å². The first-order chi connectivity index (χ1) is 7.53. The molecule has 0 aliphatic carbocycles. The van der Waals surface area contributed by atoms with E-state index in [-0.39, 0.29) is 18.5 Å². The zero-order valence-corrected chi connectivity index (χ0v) is 9.84. The number of hydrogen-bond donors (Lipinski definition) is 1. The van der Waals surface area contributed by atoms with Gasteiger partial charge in [-0.1, -0.05) is 0 Å². The lowest BCUT2D eigenvalue weighted by atomic mass is 10.2. The van der Waals surface area contributed by atoms with Crippen LogP contribution >= 0.6 is 12.4 Å². The zero-order chi connectivity index (χ0) is 13.4. The fourth-order valence-corrected chi connectivity index (χ4v) is 1.57. The topological polar surface area (TPSA) is 97.5 Å². The van der Waals surface area contributed by atoms with Crippen LogP contribution in [0.25, 0.3) is 0 Å². The van der Waals surface area contributed by atoms with Crippen LogP contribution in [0.1, 0.15) is 5.56 Å². The van der Waals surface area contributed by atoms with Crippen molar-refractivity contribution in [3.8, 4) is 0 Å². The molecule has 1 aromatic rings. The molecule has 0 amide bonds. The molecule has 0 bridgehead atoms. The lowest BCUT2D eigenvalue weighted by Crippen LogP contribution is -2.10. The molecule has 0 unspecified atom stereocenters. The van der Waals surface area contributed by atoms with E-state index in [4.69, 9.17) is 4.55 Å². The number of nitro groups is 1. The van der Waals surface area contributed by atoms with Gasteiger partial charge in [0, 0.05) is 6.07 Å². The standard InChI is InChI=1S/C7H4F3NO5S.ClH/c8-7(9,10)5-3-4(17(14,15)16)1-2-6(5)11(12)13;/h1-3H,(H,14,15,16);1H. The van der Waals surface area contributed by atoms with Crippen molar-refractivity contribution < 1.29 is 31.1 Å². The fraction of sp³-hybridized carbons (Fsp3) is 0.143. The molecule has 0 aromatic heterocycles. The second kappa shape index (κ2) is 5.08. The van der Waals surface area contributed by atoms with Gasteiger partial charge in [-0.15, -0.1) is 12.4 Å². The molecule has 18 heavy (non-hydrogen) atoms. The van der Waals surface area contributed by atoms with Gasteiger partial charge in [0.1, 0.15) is 5.56 Å². The summed E-state index contributed by atoms with van der Waals surface area (Å²) in [6, 6.07) is 0.891. The van der Waals surface area contributed by atoms with E-state index in [9.17, 15) is 31.7 Å². The van der Waals surface area contributed by atoms with Crippen molar-refractivity contribution in [2.75, 3.05) is 0 Å². The Bertz CT molecular complexity index is 571. The number of nitro benzene ring substituents is 1. The monoisotopic (exact) mass is 307 g/mol. The van der Waals surface area contributed by atoms with Crippen LogP contribution in [0, 0.1) is 10.1 Å². The molecule has 0 saturated carbocycles. The summed E-state index contributed by atoms with van der Waals surface area (Å²) in [6.45, 7) is 0. The van der Waals surface area contributed by atoms with E-state index in [0.29, 0.717) is 12.1 Å². The Kier molecular flexibility index (Phi) is 4.69. The molecule has 0 fully saturated rings. The Morgan fingerprint density at radius 3 is 2.11 bits per heavy atom. The highest BCUT2D eigenvalue weighted by Gasteiger charge is 2.39. The van der Waals surface area contributed by atoms with Gasteiger partial charge < -0.3 is 0 Å². The van der Waals surface area contributed by atoms with Gasteiger partial charge in [0.15, 0.2) is 0 Å². The SMILES string of the molecule is Cl.O=[N+]([O-])c1ccc(S(=O)(=O)O)cc1C(F)(F)F. The summed E-state index contributed by atoms with van der Waals surface area (Å²) >= 11 is 0. The van der Waals surface area contributed by atoms with Crippen LogP contribution in [0.3, 0.4) is 0 Å².